The average molecular weight is 199 g/mol. The summed E-state index contributed by atoms with van der Waals surface area (Å²) in [4.78, 5) is 0. The Morgan fingerprint density at radius 3 is 1.67 bits per heavy atom. The first-order chi connectivity index (χ1) is 7.18. The first kappa shape index (κ1) is 11.3. The van der Waals surface area contributed by atoms with Crippen LogP contribution in [0.15, 0.2) is 54.6 Å². The number of nitrogen functional groups attached to an aromatic ring is 1. The summed E-state index contributed by atoms with van der Waals surface area (Å²) in [6.45, 7) is 4.11. The second kappa shape index (κ2) is 5.86. The van der Waals surface area contributed by atoms with E-state index in [4.69, 9.17) is 5.73 Å². The third-order valence-corrected chi connectivity index (χ3v) is 1.98. The minimum Gasteiger partial charge on any atom is -0.399 e. The number of nitrogens with two attached hydrogens (primary N) is 1. The van der Waals surface area contributed by atoms with Crippen molar-refractivity contribution in [1.29, 1.82) is 0 Å². The van der Waals surface area contributed by atoms with Crippen molar-refractivity contribution in [2.45, 2.75) is 13.8 Å². The van der Waals surface area contributed by atoms with Crippen molar-refractivity contribution >= 4 is 5.69 Å². The Morgan fingerprint density at radius 1 is 0.733 bits per heavy atom. The van der Waals surface area contributed by atoms with E-state index in [2.05, 4.69) is 19.1 Å². The standard InChI is InChI=1S/C7H9N.C7H8/c1-6-3-2-4-7(8)5-6;1-7-5-3-2-4-6-7/h2-5H,8H2,1H3;2-6H,1H3. The first-order valence-corrected chi connectivity index (χ1v) is 5.02. The lowest BCUT2D eigenvalue weighted by atomic mass is 10.2. The fourth-order valence-electron chi connectivity index (χ4n) is 1.20. The van der Waals surface area contributed by atoms with E-state index in [-0.39, 0.29) is 0 Å². The van der Waals surface area contributed by atoms with Gasteiger partial charge in [0.2, 0.25) is 0 Å². The molecule has 0 unspecified atom stereocenters. The van der Waals surface area contributed by atoms with Gasteiger partial charge in [-0.05, 0) is 31.5 Å². The molecular formula is C14H17N. The number of anilines is 1. The van der Waals surface area contributed by atoms with E-state index >= 15 is 0 Å². The summed E-state index contributed by atoms with van der Waals surface area (Å²) >= 11 is 0. The van der Waals surface area contributed by atoms with Gasteiger partial charge in [-0.25, -0.2) is 0 Å². The molecule has 0 aliphatic carbocycles. The second-order valence-corrected chi connectivity index (χ2v) is 3.57. The zero-order valence-electron chi connectivity index (χ0n) is 9.27. The van der Waals surface area contributed by atoms with Crippen LogP contribution >= 0.6 is 0 Å². The monoisotopic (exact) mass is 199 g/mol. The van der Waals surface area contributed by atoms with Crippen LogP contribution in [0.1, 0.15) is 11.1 Å². The first-order valence-electron chi connectivity index (χ1n) is 5.02. The molecule has 0 saturated heterocycles. The minimum atomic E-state index is 0.838. The van der Waals surface area contributed by atoms with Gasteiger partial charge in [0.15, 0.2) is 0 Å². The molecule has 1 heteroatoms. The van der Waals surface area contributed by atoms with Crippen LogP contribution in [0.5, 0.6) is 0 Å². The van der Waals surface area contributed by atoms with Crippen LogP contribution in [-0.2, 0) is 0 Å². The number of aryl methyl sites for hydroxylation is 2. The van der Waals surface area contributed by atoms with Crippen LogP contribution in [0.25, 0.3) is 0 Å². The summed E-state index contributed by atoms with van der Waals surface area (Å²) < 4.78 is 0. The van der Waals surface area contributed by atoms with Crippen molar-refractivity contribution in [3.05, 3.63) is 65.7 Å². The molecule has 0 radical (unpaired) electrons. The maximum absolute atomic E-state index is 5.46. The van der Waals surface area contributed by atoms with E-state index in [0.717, 1.165) is 5.69 Å². The summed E-state index contributed by atoms with van der Waals surface area (Å²) in [5.74, 6) is 0. The fraction of sp³-hybridized carbons (Fsp3) is 0.143. The molecule has 2 rings (SSSR count). The molecule has 1 nitrogen and oxygen atoms in total. The molecule has 15 heavy (non-hydrogen) atoms. The summed E-state index contributed by atoms with van der Waals surface area (Å²) in [5.41, 5.74) is 8.83. The number of hydrogen-bond donors (Lipinski definition) is 1. The lowest BCUT2D eigenvalue weighted by molar-refractivity contribution is 1.47. The highest BCUT2D eigenvalue weighted by Gasteiger charge is 1.81. The molecule has 0 saturated carbocycles. The van der Waals surface area contributed by atoms with Crippen molar-refractivity contribution in [2.24, 2.45) is 0 Å². The molecule has 78 valence electrons. The Labute approximate surface area is 91.6 Å². The topological polar surface area (TPSA) is 26.0 Å². The molecule has 0 fully saturated rings. The molecule has 2 N–H and O–H groups in total. The summed E-state index contributed by atoms with van der Waals surface area (Å²) in [5, 5.41) is 0. The van der Waals surface area contributed by atoms with Crippen LogP contribution in [0.2, 0.25) is 0 Å². The van der Waals surface area contributed by atoms with Crippen molar-refractivity contribution < 1.29 is 0 Å². The summed E-state index contributed by atoms with van der Waals surface area (Å²) in [6.07, 6.45) is 0. The van der Waals surface area contributed by atoms with Crippen LogP contribution < -0.4 is 5.73 Å². The highest BCUT2D eigenvalue weighted by molar-refractivity contribution is 5.39. The van der Waals surface area contributed by atoms with Crippen LogP contribution in [0, 0.1) is 13.8 Å². The average Bonchev–Trinajstić information content (AvgIpc) is 2.19. The molecule has 2 aromatic rings. The maximum Gasteiger partial charge on any atom is 0.0316 e. The van der Waals surface area contributed by atoms with Gasteiger partial charge < -0.3 is 5.73 Å². The van der Waals surface area contributed by atoms with Crippen molar-refractivity contribution in [1.82, 2.24) is 0 Å². The second-order valence-electron chi connectivity index (χ2n) is 3.57. The quantitative estimate of drug-likeness (QED) is 0.645. The highest BCUT2D eigenvalue weighted by Crippen LogP contribution is 2.03. The van der Waals surface area contributed by atoms with Gasteiger partial charge in [-0.1, -0.05) is 48.0 Å². The van der Waals surface area contributed by atoms with E-state index in [0.29, 0.717) is 0 Å². The number of rotatable bonds is 0. The van der Waals surface area contributed by atoms with Gasteiger partial charge in [-0.3, -0.25) is 0 Å². The third-order valence-electron chi connectivity index (χ3n) is 1.98. The van der Waals surface area contributed by atoms with Crippen molar-refractivity contribution in [3.63, 3.8) is 0 Å². The number of hydrogen-bond acceptors (Lipinski definition) is 1. The predicted octanol–water partition coefficient (Wildman–Crippen LogP) is 3.57. The lowest BCUT2D eigenvalue weighted by Crippen LogP contribution is -1.82. The van der Waals surface area contributed by atoms with Gasteiger partial charge in [0.05, 0.1) is 0 Å². The molecule has 0 spiro atoms. The van der Waals surface area contributed by atoms with Gasteiger partial charge >= 0.3 is 0 Å². The Hall–Kier alpha value is -1.76. The largest absolute Gasteiger partial charge is 0.399 e. The molecule has 0 aliphatic heterocycles. The van der Waals surface area contributed by atoms with Crippen molar-refractivity contribution in [3.8, 4) is 0 Å². The van der Waals surface area contributed by atoms with Gasteiger partial charge in [0.1, 0.15) is 0 Å². The van der Waals surface area contributed by atoms with E-state index in [9.17, 15) is 0 Å². The summed E-state index contributed by atoms with van der Waals surface area (Å²) in [7, 11) is 0. The molecule has 2 aromatic carbocycles. The molecule has 0 atom stereocenters. The molecular weight excluding hydrogens is 182 g/mol. The minimum absolute atomic E-state index is 0.838. The Morgan fingerprint density at radius 2 is 1.33 bits per heavy atom. The Kier molecular flexibility index (Phi) is 4.42. The van der Waals surface area contributed by atoms with Crippen LogP contribution in [-0.4, -0.2) is 0 Å². The zero-order chi connectivity index (χ0) is 11.1. The van der Waals surface area contributed by atoms with Crippen LogP contribution in [0.3, 0.4) is 0 Å². The number of benzene rings is 2. The van der Waals surface area contributed by atoms with Gasteiger partial charge in [-0.2, -0.15) is 0 Å². The molecule has 0 bridgehead atoms. The highest BCUT2D eigenvalue weighted by atomic mass is 14.5. The van der Waals surface area contributed by atoms with Gasteiger partial charge in [0, 0.05) is 5.69 Å². The molecule has 0 aromatic heterocycles. The molecule has 0 amide bonds. The van der Waals surface area contributed by atoms with Gasteiger partial charge in [0.25, 0.3) is 0 Å². The lowest BCUT2D eigenvalue weighted by Gasteiger charge is -1.91. The van der Waals surface area contributed by atoms with E-state index in [1.165, 1.54) is 11.1 Å². The van der Waals surface area contributed by atoms with Crippen molar-refractivity contribution in [2.75, 3.05) is 5.73 Å². The fourth-order valence-corrected chi connectivity index (χ4v) is 1.20. The molecule has 0 heterocycles. The van der Waals surface area contributed by atoms with Crippen LogP contribution in [0.4, 0.5) is 5.69 Å². The predicted molar refractivity (Wildman–Crippen MR) is 66.8 cm³/mol. The van der Waals surface area contributed by atoms with Gasteiger partial charge in [-0.15, -0.1) is 0 Å². The Balaban J connectivity index is 0.000000151. The normalized spacial score (nSPS) is 8.93. The Bertz CT molecular complexity index is 376. The SMILES string of the molecule is Cc1cccc(N)c1.Cc1ccccc1. The van der Waals surface area contributed by atoms with E-state index in [1.807, 2.05) is 49.4 Å². The van der Waals surface area contributed by atoms with E-state index < -0.39 is 0 Å². The van der Waals surface area contributed by atoms with E-state index in [1.54, 1.807) is 0 Å². The molecule has 0 aliphatic rings. The summed E-state index contributed by atoms with van der Waals surface area (Å²) in [6, 6.07) is 18.1. The smallest absolute Gasteiger partial charge is 0.0316 e. The zero-order valence-corrected chi connectivity index (χ0v) is 9.27. The maximum atomic E-state index is 5.46. The third kappa shape index (κ3) is 4.87.